The molecule has 1 atom stereocenters. The van der Waals surface area contributed by atoms with Crippen LogP contribution in [0.15, 0.2) is 24.3 Å². The third-order valence-corrected chi connectivity index (χ3v) is 3.26. The smallest absolute Gasteiger partial charge is 0.0657 e. The van der Waals surface area contributed by atoms with Gasteiger partial charge < -0.3 is 0 Å². The van der Waals surface area contributed by atoms with Gasteiger partial charge in [-0.15, -0.1) is 0 Å². The van der Waals surface area contributed by atoms with Gasteiger partial charge in [0, 0.05) is 11.6 Å². The first-order valence-electron chi connectivity index (χ1n) is 5.96. The number of hydrogen-bond acceptors (Lipinski definition) is 2. The molecule has 3 heteroatoms. The molecule has 0 N–H and O–H groups in total. The number of benzene rings is 1. The first-order chi connectivity index (χ1) is 7.81. The molecule has 2 nitrogen and oxygen atoms in total. The number of nitrogens with zero attached hydrogens (tertiary/aromatic N) is 1. The van der Waals surface area contributed by atoms with Crippen molar-refractivity contribution in [3.05, 3.63) is 34.9 Å². The van der Waals surface area contributed by atoms with Crippen LogP contribution >= 0.6 is 11.6 Å². The van der Waals surface area contributed by atoms with E-state index in [0.717, 1.165) is 18.2 Å². The minimum absolute atomic E-state index is 0.394. The molecule has 16 heavy (non-hydrogen) atoms. The summed E-state index contributed by atoms with van der Waals surface area (Å²) in [5.74, 6) is 0. The van der Waals surface area contributed by atoms with Crippen molar-refractivity contribution >= 4 is 11.6 Å². The zero-order valence-electron chi connectivity index (χ0n) is 9.66. The SMILES string of the molecule is CCON1CCCCC1c1ccc(Cl)cc1. The van der Waals surface area contributed by atoms with Crippen LogP contribution in [0.5, 0.6) is 0 Å². The van der Waals surface area contributed by atoms with Crippen molar-refractivity contribution in [1.82, 2.24) is 5.06 Å². The Morgan fingerprint density at radius 1 is 1.31 bits per heavy atom. The average molecular weight is 240 g/mol. The van der Waals surface area contributed by atoms with Crippen molar-refractivity contribution in [3.8, 4) is 0 Å². The molecule has 1 saturated heterocycles. The Bertz CT molecular complexity index is 323. The second-order valence-electron chi connectivity index (χ2n) is 4.12. The molecule has 0 radical (unpaired) electrons. The Morgan fingerprint density at radius 3 is 2.75 bits per heavy atom. The topological polar surface area (TPSA) is 12.5 Å². The lowest BCUT2D eigenvalue weighted by Gasteiger charge is -2.34. The second kappa shape index (κ2) is 5.67. The van der Waals surface area contributed by atoms with Crippen molar-refractivity contribution in [2.75, 3.05) is 13.2 Å². The lowest BCUT2D eigenvalue weighted by molar-refractivity contribution is -0.196. The Labute approximate surface area is 102 Å². The van der Waals surface area contributed by atoms with Crippen molar-refractivity contribution < 1.29 is 4.84 Å². The van der Waals surface area contributed by atoms with Crippen molar-refractivity contribution in [2.45, 2.75) is 32.2 Å². The zero-order valence-corrected chi connectivity index (χ0v) is 10.4. The first-order valence-corrected chi connectivity index (χ1v) is 6.34. The predicted octanol–water partition coefficient (Wildman–Crippen LogP) is 3.82. The summed E-state index contributed by atoms with van der Waals surface area (Å²) in [6.07, 6.45) is 3.67. The molecule has 1 unspecified atom stereocenters. The third-order valence-electron chi connectivity index (χ3n) is 3.00. The maximum absolute atomic E-state index is 5.90. The van der Waals surface area contributed by atoms with Crippen LogP contribution in [0, 0.1) is 0 Å². The van der Waals surface area contributed by atoms with E-state index in [9.17, 15) is 0 Å². The fourth-order valence-electron chi connectivity index (χ4n) is 2.24. The number of rotatable bonds is 3. The van der Waals surface area contributed by atoms with Crippen LogP contribution in [-0.2, 0) is 4.84 Å². The summed E-state index contributed by atoms with van der Waals surface area (Å²) in [6.45, 7) is 3.80. The second-order valence-corrected chi connectivity index (χ2v) is 4.56. The van der Waals surface area contributed by atoms with Crippen LogP contribution in [0.25, 0.3) is 0 Å². The van der Waals surface area contributed by atoms with E-state index in [1.165, 1.54) is 24.8 Å². The molecule has 1 aromatic carbocycles. The van der Waals surface area contributed by atoms with Crippen LogP contribution in [0.1, 0.15) is 37.8 Å². The average Bonchev–Trinajstić information content (AvgIpc) is 2.32. The number of halogens is 1. The molecular weight excluding hydrogens is 222 g/mol. The van der Waals surface area contributed by atoms with Crippen molar-refractivity contribution in [1.29, 1.82) is 0 Å². The molecule has 1 heterocycles. The van der Waals surface area contributed by atoms with Gasteiger partial charge in [0.2, 0.25) is 0 Å². The lowest BCUT2D eigenvalue weighted by Crippen LogP contribution is -2.33. The lowest BCUT2D eigenvalue weighted by atomic mass is 9.97. The summed E-state index contributed by atoms with van der Waals surface area (Å²) in [4.78, 5) is 5.68. The highest BCUT2D eigenvalue weighted by molar-refractivity contribution is 6.30. The molecule has 2 rings (SSSR count). The highest BCUT2D eigenvalue weighted by Crippen LogP contribution is 2.31. The molecule has 1 aromatic rings. The first kappa shape index (κ1) is 11.9. The van der Waals surface area contributed by atoms with E-state index in [4.69, 9.17) is 16.4 Å². The minimum Gasteiger partial charge on any atom is -0.299 e. The van der Waals surface area contributed by atoms with E-state index >= 15 is 0 Å². The van der Waals surface area contributed by atoms with Crippen LogP contribution in [-0.4, -0.2) is 18.2 Å². The van der Waals surface area contributed by atoms with Gasteiger partial charge in [0.25, 0.3) is 0 Å². The third kappa shape index (κ3) is 2.76. The molecule has 1 fully saturated rings. The summed E-state index contributed by atoms with van der Waals surface area (Å²) in [6, 6.07) is 8.51. The largest absolute Gasteiger partial charge is 0.299 e. The molecule has 0 amide bonds. The standard InChI is InChI=1S/C13H18ClNO/c1-2-16-15-10-4-3-5-13(15)11-6-8-12(14)9-7-11/h6-9,13H,2-5,10H2,1H3. The van der Waals surface area contributed by atoms with E-state index in [-0.39, 0.29) is 0 Å². The van der Waals surface area contributed by atoms with Crippen LogP contribution in [0.3, 0.4) is 0 Å². The van der Waals surface area contributed by atoms with Gasteiger partial charge in [-0.1, -0.05) is 30.2 Å². The Balaban J connectivity index is 2.13. The molecule has 0 spiro atoms. The van der Waals surface area contributed by atoms with Crippen LogP contribution in [0.2, 0.25) is 5.02 Å². The Kier molecular flexibility index (Phi) is 4.22. The monoisotopic (exact) mass is 239 g/mol. The van der Waals surface area contributed by atoms with Gasteiger partial charge in [-0.05, 0) is 37.5 Å². The van der Waals surface area contributed by atoms with E-state index < -0.39 is 0 Å². The van der Waals surface area contributed by atoms with Gasteiger partial charge in [-0.3, -0.25) is 4.84 Å². The Morgan fingerprint density at radius 2 is 2.06 bits per heavy atom. The van der Waals surface area contributed by atoms with E-state index in [0.29, 0.717) is 6.04 Å². The maximum atomic E-state index is 5.90. The van der Waals surface area contributed by atoms with Gasteiger partial charge in [-0.2, -0.15) is 5.06 Å². The molecule has 1 aliphatic rings. The molecule has 1 aliphatic heterocycles. The van der Waals surface area contributed by atoms with E-state index in [1.807, 2.05) is 19.1 Å². The van der Waals surface area contributed by atoms with E-state index in [1.54, 1.807) is 0 Å². The number of hydroxylamine groups is 2. The molecular formula is C13H18ClNO. The van der Waals surface area contributed by atoms with Gasteiger partial charge in [0.05, 0.1) is 12.6 Å². The van der Waals surface area contributed by atoms with E-state index in [2.05, 4.69) is 17.2 Å². The number of hydrogen-bond donors (Lipinski definition) is 0. The summed E-state index contributed by atoms with van der Waals surface area (Å²) < 4.78 is 0. The Hall–Kier alpha value is -0.570. The maximum Gasteiger partial charge on any atom is 0.0657 e. The highest BCUT2D eigenvalue weighted by atomic mass is 35.5. The fraction of sp³-hybridized carbons (Fsp3) is 0.538. The molecule has 88 valence electrons. The quantitative estimate of drug-likeness (QED) is 0.795. The molecule has 0 aromatic heterocycles. The molecule has 0 bridgehead atoms. The van der Waals surface area contributed by atoms with Gasteiger partial charge in [0.1, 0.15) is 0 Å². The number of piperidine rings is 1. The predicted molar refractivity (Wildman–Crippen MR) is 66.4 cm³/mol. The summed E-state index contributed by atoms with van der Waals surface area (Å²) >= 11 is 5.90. The van der Waals surface area contributed by atoms with Crippen LogP contribution < -0.4 is 0 Å². The summed E-state index contributed by atoms with van der Waals surface area (Å²) in [5.41, 5.74) is 1.30. The van der Waals surface area contributed by atoms with Gasteiger partial charge in [0.15, 0.2) is 0 Å². The highest BCUT2D eigenvalue weighted by Gasteiger charge is 2.24. The van der Waals surface area contributed by atoms with Crippen LogP contribution in [0.4, 0.5) is 0 Å². The summed E-state index contributed by atoms with van der Waals surface area (Å²) in [5, 5.41) is 2.91. The van der Waals surface area contributed by atoms with Gasteiger partial charge in [-0.25, -0.2) is 0 Å². The normalized spacial score (nSPS) is 22.2. The molecule has 0 saturated carbocycles. The van der Waals surface area contributed by atoms with Gasteiger partial charge >= 0.3 is 0 Å². The van der Waals surface area contributed by atoms with Crippen molar-refractivity contribution in [2.24, 2.45) is 0 Å². The summed E-state index contributed by atoms with van der Waals surface area (Å²) in [7, 11) is 0. The van der Waals surface area contributed by atoms with Crippen molar-refractivity contribution in [3.63, 3.8) is 0 Å². The minimum atomic E-state index is 0.394. The fourth-order valence-corrected chi connectivity index (χ4v) is 2.37. The molecule has 0 aliphatic carbocycles. The zero-order chi connectivity index (χ0) is 11.4.